The number of carbonyl (C=O) groups excluding carboxylic acids is 2. The topological polar surface area (TPSA) is 78.0 Å². The molecule has 0 radical (unpaired) electrons. The molecule has 10 heteroatoms. The summed E-state index contributed by atoms with van der Waals surface area (Å²) >= 11 is 12.1. The van der Waals surface area contributed by atoms with Gasteiger partial charge in [0, 0.05) is 36.9 Å². The monoisotopic (exact) mass is 517 g/mol. The van der Waals surface area contributed by atoms with Crippen molar-refractivity contribution in [3.8, 4) is 0 Å². The Labute approximate surface area is 208 Å². The summed E-state index contributed by atoms with van der Waals surface area (Å²) in [7, 11) is -4.50. The van der Waals surface area contributed by atoms with Gasteiger partial charge in [0.05, 0.1) is 15.5 Å². The van der Waals surface area contributed by atoms with E-state index in [0.29, 0.717) is 17.4 Å². The van der Waals surface area contributed by atoms with E-state index in [0.717, 1.165) is 5.69 Å². The zero-order chi connectivity index (χ0) is 24.3. The summed E-state index contributed by atoms with van der Waals surface area (Å²) in [4.78, 5) is 30.2. The highest BCUT2D eigenvalue weighted by molar-refractivity contribution is 7.90. The average Bonchev–Trinajstić information content (AvgIpc) is 2.85. The highest BCUT2D eigenvalue weighted by Gasteiger charge is 2.40. The van der Waals surface area contributed by atoms with Gasteiger partial charge in [-0.15, -0.1) is 4.31 Å². The zero-order valence-corrected chi connectivity index (χ0v) is 20.3. The van der Waals surface area contributed by atoms with Crippen molar-refractivity contribution in [1.82, 2.24) is 9.21 Å². The van der Waals surface area contributed by atoms with Gasteiger partial charge >= 0.3 is 6.03 Å². The van der Waals surface area contributed by atoms with Crippen LogP contribution in [-0.2, 0) is 10.0 Å². The van der Waals surface area contributed by atoms with Gasteiger partial charge in [-0.2, -0.15) is 0 Å². The molecule has 4 rings (SSSR count). The fraction of sp³-hybridized carbons (Fsp3) is 0.167. The van der Waals surface area contributed by atoms with Crippen molar-refractivity contribution in [1.29, 1.82) is 0 Å². The Morgan fingerprint density at radius 2 is 1.38 bits per heavy atom. The standard InChI is InChI=1S/C24H21Cl2N3O4S/c25-18-11-12-21(22(26)17-18)23(30)29(34(32,33)20-9-5-2-6-10-20)24(31)28-15-13-27(14-16-28)19-7-3-1-4-8-19/h1-12,17H,13-16H2. The first kappa shape index (κ1) is 24.1. The number of rotatable bonds is 4. The Hall–Kier alpha value is -3.07. The lowest BCUT2D eigenvalue weighted by atomic mass is 10.2. The maximum absolute atomic E-state index is 13.5. The number of para-hydroxylation sites is 1. The van der Waals surface area contributed by atoms with Crippen molar-refractivity contribution < 1.29 is 18.0 Å². The smallest absolute Gasteiger partial charge is 0.341 e. The number of amides is 3. The molecule has 7 nitrogen and oxygen atoms in total. The normalized spacial score (nSPS) is 14.1. The second kappa shape index (κ2) is 10.0. The quantitative estimate of drug-likeness (QED) is 0.498. The number of piperazine rings is 1. The van der Waals surface area contributed by atoms with Crippen LogP contribution in [-0.4, -0.2) is 55.7 Å². The molecule has 1 aliphatic heterocycles. The van der Waals surface area contributed by atoms with Crippen LogP contribution < -0.4 is 4.90 Å². The molecule has 1 heterocycles. The third kappa shape index (κ3) is 4.89. The van der Waals surface area contributed by atoms with E-state index in [1.807, 2.05) is 30.3 Å². The predicted molar refractivity (Wildman–Crippen MR) is 132 cm³/mol. The number of carbonyl (C=O) groups is 2. The molecule has 0 aromatic heterocycles. The van der Waals surface area contributed by atoms with Gasteiger partial charge in [0.25, 0.3) is 15.9 Å². The second-order valence-corrected chi connectivity index (χ2v) is 10.2. The van der Waals surface area contributed by atoms with E-state index in [2.05, 4.69) is 4.90 Å². The molecule has 0 N–H and O–H groups in total. The first-order chi connectivity index (χ1) is 16.3. The van der Waals surface area contributed by atoms with Crippen molar-refractivity contribution in [2.24, 2.45) is 0 Å². The number of urea groups is 1. The molecule has 34 heavy (non-hydrogen) atoms. The van der Waals surface area contributed by atoms with Crippen LogP contribution in [0.4, 0.5) is 10.5 Å². The summed E-state index contributed by atoms with van der Waals surface area (Å²) in [5.41, 5.74) is 0.870. The van der Waals surface area contributed by atoms with Gasteiger partial charge in [-0.05, 0) is 42.5 Å². The first-order valence-electron chi connectivity index (χ1n) is 10.5. The third-order valence-corrected chi connectivity index (χ3v) is 7.69. The van der Waals surface area contributed by atoms with Crippen molar-refractivity contribution >= 4 is 50.9 Å². The maximum atomic E-state index is 13.5. The van der Waals surface area contributed by atoms with Crippen LogP contribution in [0, 0.1) is 0 Å². The number of benzene rings is 3. The molecule has 176 valence electrons. The lowest BCUT2D eigenvalue weighted by Crippen LogP contribution is -2.55. The zero-order valence-electron chi connectivity index (χ0n) is 18.0. The number of imide groups is 1. The van der Waals surface area contributed by atoms with E-state index in [-0.39, 0.29) is 33.6 Å². The van der Waals surface area contributed by atoms with E-state index >= 15 is 0 Å². The fourth-order valence-corrected chi connectivity index (χ4v) is 5.53. The molecule has 1 saturated heterocycles. The van der Waals surface area contributed by atoms with Crippen LogP contribution in [0.2, 0.25) is 10.0 Å². The van der Waals surface area contributed by atoms with Crippen LogP contribution in [0.1, 0.15) is 10.4 Å². The van der Waals surface area contributed by atoms with E-state index in [1.165, 1.54) is 47.4 Å². The van der Waals surface area contributed by atoms with Gasteiger partial charge in [0.2, 0.25) is 0 Å². The second-order valence-electron chi connectivity index (χ2n) is 7.60. The molecule has 1 aliphatic rings. The first-order valence-corrected chi connectivity index (χ1v) is 12.7. The van der Waals surface area contributed by atoms with Crippen LogP contribution in [0.5, 0.6) is 0 Å². The minimum Gasteiger partial charge on any atom is -0.368 e. The number of sulfonamides is 1. The molecule has 0 unspecified atom stereocenters. The number of nitrogens with zero attached hydrogens (tertiary/aromatic N) is 3. The van der Waals surface area contributed by atoms with Crippen LogP contribution in [0.3, 0.4) is 0 Å². The number of halogens is 2. The Bertz CT molecular complexity index is 1300. The largest absolute Gasteiger partial charge is 0.368 e. The molecule has 1 fully saturated rings. The van der Waals surface area contributed by atoms with Gasteiger partial charge < -0.3 is 9.80 Å². The average molecular weight is 518 g/mol. The van der Waals surface area contributed by atoms with Gasteiger partial charge in [-0.25, -0.2) is 13.2 Å². The van der Waals surface area contributed by atoms with E-state index in [1.54, 1.807) is 6.07 Å². The van der Waals surface area contributed by atoms with Crippen molar-refractivity contribution in [2.45, 2.75) is 4.90 Å². The summed E-state index contributed by atoms with van der Waals surface area (Å²) in [5.74, 6) is -1.04. The van der Waals surface area contributed by atoms with Crippen LogP contribution in [0.15, 0.2) is 83.8 Å². The van der Waals surface area contributed by atoms with Crippen molar-refractivity contribution in [2.75, 3.05) is 31.1 Å². The minimum atomic E-state index is -4.50. The maximum Gasteiger partial charge on any atom is 0.341 e. The lowest BCUT2D eigenvalue weighted by molar-refractivity contribution is 0.0858. The third-order valence-electron chi connectivity index (χ3n) is 5.47. The van der Waals surface area contributed by atoms with Crippen LogP contribution >= 0.6 is 23.2 Å². The fourth-order valence-electron chi connectivity index (χ4n) is 3.69. The molecular formula is C24H21Cl2N3O4S. The highest BCUT2D eigenvalue weighted by Crippen LogP contribution is 2.27. The molecule has 0 bridgehead atoms. The number of hydrogen-bond acceptors (Lipinski definition) is 5. The van der Waals surface area contributed by atoms with E-state index < -0.39 is 22.0 Å². The molecular weight excluding hydrogens is 497 g/mol. The molecule has 3 aromatic rings. The Kier molecular flexibility index (Phi) is 7.11. The molecule has 3 aromatic carbocycles. The number of hydrogen-bond donors (Lipinski definition) is 0. The molecule has 3 amide bonds. The van der Waals surface area contributed by atoms with Gasteiger partial charge in [0.1, 0.15) is 0 Å². The van der Waals surface area contributed by atoms with Crippen molar-refractivity contribution in [3.05, 3.63) is 94.5 Å². The lowest BCUT2D eigenvalue weighted by Gasteiger charge is -2.37. The van der Waals surface area contributed by atoms with Gasteiger partial charge in [-0.3, -0.25) is 4.79 Å². The molecule has 0 atom stereocenters. The minimum absolute atomic E-state index is 0.0486. The Balaban J connectivity index is 1.66. The Morgan fingerprint density at radius 3 is 1.97 bits per heavy atom. The van der Waals surface area contributed by atoms with Crippen LogP contribution in [0.25, 0.3) is 0 Å². The summed E-state index contributed by atoms with van der Waals surface area (Å²) in [6.07, 6.45) is 0. The highest BCUT2D eigenvalue weighted by atomic mass is 35.5. The summed E-state index contributed by atoms with van der Waals surface area (Å²) in [6, 6.07) is 20.2. The predicted octanol–water partition coefficient (Wildman–Crippen LogP) is 4.77. The summed E-state index contributed by atoms with van der Waals surface area (Å²) < 4.78 is 27.2. The van der Waals surface area contributed by atoms with E-state index in [4.69, 9.17) is 23.2 Å². The molecule has 0 spiro atoms. The van der Waals surface area contributed by atoms with Gasteiger partial charge in [0.15, 0.2) is 0 Å². The summed E-state index contributed by atoms with van der Waals surface area (Å²) in [5, 5.41) is 0.231. The van der Waals surface area contributed by atoms with Gasteiger partial charge in [-0.1, -0.05) is 59.6 Å². The summed E-state index contributed by atoms with van der Waals surface area (Å²) in [6.45, 7) is 1.47. The van der Waals surface area contributed by atoms with E-state index in [9.17, 15) is 18.0 Å². The van der Waals surface area contributed by atoms with Crippen molar-refractivity contribution in [3.63, 3.8) is 0 Å². The Morgan fingerprint density at radius 1 is 0.794 bits per heavy atom. The molecule has 0 saturated carbocycles. The number of anilines is 1. The SMILES string of the molecule is O=C(c1ccc(Cl)cc1Cl)N(C(=O)N1CCN(c2ccccc2)CC1)S(=O)(=O)c1ccccc1. The molecule has 0 aliphatic carbocycles.